The van der Waals surface area contributed by atoms with E-state index in [1.807, 2.05) is 44.2 Å². The molecule has 0 bridgehead atoms. The molecule has 1 unspecified atom stereocenters. The number of rotatable bonds is 4. The van der Waals surface area contributed by atoms with Gasteiger partial charge in [0.2, 0.25) is 0 Å². The Morgan fingerprint density at radius 2 is 1.95 bits per heavy atom. The lowest BCUT2D eigenvalue weighted by atomic mass is 9.95. The normalized spacial score (nSPS) is 12.2. The molecule has 106 valence electrons. The standard InChI is InChI=1S/C17H19FO2/c1-11-7-12(2)17(15(18)8-11)16(19)10-13-5-4-6-14(9-13)20-3/h4-9,16,19H,10H2,1-3H3. The first-order chi connectivity index (χ1) is 9.51. The van der Waals surface area contributed by atoms with Crippen LogP contribution in [-0.2, 0) is 6.42 Å². The fourth-order valence-electron chi connectivity index (χ4n) is 2.47. The van der Waals surface area contributed by atoms with Crippen LogP contribution >= 0.6 is 0 Å². The van der Waals surface area contributed by atoms with Gasteiger partial charge >= 0.3 is 0 Å². The number of hydrogen-bond acceptors (Lipinski definition) is 2. The van der Waals surface area contributed by atoms with Crippen LogP contribution in [0.15, 0.2) is 36.4 Å². The van der Waals surface area contributed by atoms with Gasteiger partial charge in [-0.2, -0.15) is 0 Å². The average Bonchev–Trinajstić information content (AvgIpc) is 2.37. The third kappa shape index (κ3) is 3.17. The molecule has 20 heavy (non-hydrogen) atoms. The van der Waals surface area contributed by atoms with Crippen molar-refractivity contribution in [3.8, 4) is 5.75 Å². The molecule has 0 heterocycles. The molecule has 1 atom stereocenters. The van der Waals surface area contributed by atoms with Crippen LogP contribution in [0, 0.1) is 19.7 Å². The van der Waals surface area contributed by atoms with Gasteiger partial charge < -0.3 is 9.84 Å². The lowest BCUT2D eigenvalue weighted by Gasteiger charge is -2.16. The molecule has 0 aliphatic heterocycles. The van der Waals surface area contributed by atoms with Crippen LogP contribution in [0.5, 0.6) is 5.75 Å². The Kier molecular flexibility index (Phi) is 4.40. The average molecular weight is 274 g/mol. The van der Waals surface area contributed by atoms with Gasteiger partial charge in [-0.05, 0) is 48.7 Å². The first kappa shape index (κ1) is 14.5. The highest BCUT2D eigenvalue weighted by atomic mass is 19.1. The summed E-state index contributed by atoms with van der Waals surface area (Å²) < 4.78 is 19.2. The van der Waals surface area contributed by atoms with Crippen molar-refractivity contribution < 1.29 is 14.2 Å². The number of ether oxygens (including phenoxy) is 1. The fraction of sp³-hybridized carbons (Fsp3) is 0.294. The molecule has 3 heteroatoms. The largest absolute Gasteiger partial charge is 0.497 e. The van der Waals surface area contributed by atoms with E-state index in [0.29, 0.717) is 12.0 Å². The molecule has 0 spiro atoms. The molecule has 0 saturated carbocycles. The topological polar surface area (TPSA) is 29.5 Å². The van der Waals surface area contributed by atoms with E-state index in [1.54, 1.807) is 7.11 Å². The number of benzene rings is 2. The fourth-order valence-corrected chi connectivity index (χ4v) is 2.47. The summed E-state index contributed by atoms with van der Waals surface area (Å²) in [5, 5.41) is 10.3. The van der Waals surface area contributed by atoms with Crippen LogP contribution in [-0.4, -0.2) is 12.2 Å². The van der Waals surface area contributed by atoms with Gasteiger partial charge in [-0.25, -0.2) is 4.39 Å². The van der Waals surface area contributed by atoms with Gasteiger partial charge in [-0.15, -0.1) is 0 Å². The molecule has 2 nitrogen and oxygen atoms in total. The Morgan fingerprint density at radius 3 is 2.60 bits per heavy atom. The summed E-state index contributed by atoms with van der Waals surface area (Å²) in [6, 6.07) is 10.8. The molecular formula is C17H19FO2. The molecule has 0 aliphatic carbocycles. The minimum atomic E-state index is -0.859. The van der Waals surface area contributed by atoms with Crippen molar-refractivity contribution in [2.24, 2.45) is 0 Å². The molecule has 0 amide bonds. The van der Waals surface area contributed by atoms with Crippen molar-refractivity contribution in [2.75, 3.05) is 7.11 Å². The molecule has 2 aromatic carbocycles. The maximum atomic E-state index is 14.0. The third-order valence-electron chi connectivity index (χ3n) is 3.38. The van der Waals surface area contributed by atoms with Crippen LogP contribution < -0.4 is 4.74 Å². The molecule has 0 aromatic heterocycles. The Bertz CT molecular complexity index is 585. The minimum absolute atomic E-state index is 0.349. The maximum absolute atomic E-state index is 14.0. The number of halogens is 1. The highest BCUT2D eigenvalue weighted by molar-refractivity contribution is 5.35. The zero-order chi connectivity index (χ0) is 14.7. The number of hydrogen-bond donors (Lipinski definition) is 1. The molecule has 2 aromatic rings. The zero-order valence-corrected chi connectivity index (χ0v) is 12.0. The molecule has 1 N–H and O–H groups in total. The van der Waals surface area contributed by atoms with Crippen LogP contribution in [0.2, 0.25) is 0 Å². The summed E-state index contributed by atoms with van der Waals surface area (Å²) in [6.45, 7) is 3.66. The predicted octanol–water partition coefficient (Wildman–Crippen LogP) is 3.73. The van der Waals surface area contributed by atoms with E-state index in [-0.39, 0.29) is 5.82 Å². The van der Waals surface area contributed by atoms with Crippen molar-refractivity contribution in [2.45, 2.75) is 26.4 Å². The molecule has 2 rings (SSSR count). The number of aliphatic hydroxyl groups is 1. The van der Waals surface area contributed by atoms with Crippen molar-refractivity contribution in [1.82, 2.24) is 0 Å². The van der Waals surface area contributed by atoms with Gasteiger partial charge in [0.1, 0.15) is 11.6 Å². The summed E-state index contributed by atoms with van der Waals surface area (Å²) in [7, 11) is 1.60. The van der Waals surface area contributed by atoms with Gasteiger partial charge in [-0.1, -0.05) is 18.2 Å². The van der Waals surface area contributed by atoms with E-state index < -0.39 is 6.10 Å². The SMILES string of the molecule is COc1cccc(CC(O)c2c(C)cc(C)cc2F)c1. The summed E-state index contributed by atoms with van der Waals surface area (Å²) in [4.78, 5) is 0. The van der Waals surface area contributed by atoms with Gasteiger partial charge in [0.25, 0.3) is 0 Å². The predicted molar refractivity (Wildman–Crippen MR) is 77.5 cm³/mol. The summed E-state index contributed by atoms with van der Waals surface area (Å²) in [5.41, 5.74) is 2.92. The lowest BCUT2D eigenvalue weighted by Crippen LogP contribution is -2.07. The van der Waals surface area contributed by atoms with Crippen LogP contribution in [0.1, 0.15) is 28.4 Å². The third-order valence-corrected chi connectivity index (χ3v) is 3.38. The van der Waals surface area contributed by atoms with Crippen molar-refractivity contribution in [3.63, 3.8) is 0 Å². The second kappa shape index (κ2) is 6.06. The van der Waals surface area contributed by atoms with Crippen molar-refractivity contribution in [3.05, 3.63) is 64.5 Å². The molecule has 0 aliphatic rings. The molecule has 0 radical (unpaired) electrons. The van der Waals surface area contributed by atoms with E-state index in [4.69, 9.17) is 4.74 Å². The van der Waals surface area contributed by atoms with Gasteiger partial charge in [0, 0.05) is 12.0 Å². The minimum Gasteiger partial charge on any atom is -0.497 e. The quantitative estimate of drug-likeness (QED) is 0.920. The van der Waals surface area contributed by atoms with Crippen LogP contribution in [0.4, 0.5) is 4.39 Å². The summed E-state index contributed by atoms with van der Waals surface area (Å²) in [6.07, 6.45) is -0.499. The van der Waals surface area contributed by atoms with E-state index in [9.17, 15) is 9.50 Å². The Balaban J connectivity index is 2.26. The highest BCUT2D eigenvalue weighted by Gasteiger charge is 2.16. The zero-order valence-electron chi connectivity index (χ0n) is 12.0. The molecular weight excluding hydrogens is 255 g/mol. The van der Waals surface area contributed by atoms with E-state index in [0.717, 1.165) is 22.4 Å². The number of aryl methyl sites for hydroxylation is 2. The van der Waals surface area contributed by atoms with E-state index >= 15 is 0 Å². The van der Waals surface area contributed by atoms with Crippen LogP contribution in [0.25, 0.3) is 0 Å². The van der Waals surface area contributed by atoms with E-state index in [2.05, 4.69) is 0 Å². The first-order valence-electron chi connectivity index (χ1n) is 6.59. The Morgan fingerprint density at radius 1 is 1.20 bits per heavy atom. The van der Waals surface area contributed by atoms with Gasteiger partial charge in [0.05, 0.1) is 13.2 Å². The first-order valence-corrected chi connectivity index (χ1v) is 6.59. The smallest absolute Gasteiger partial charge is 0.129 e. The lowest BCUT2D eigenvalue weighted by molar-refractivity contribution is 0.172. The second-order valence-corrected chi connectivity index (χ2v) is 5.05. The molecule has 0 fully saturated rings. The molecule has 0 saturated heterocycles. The van der Waals surface area contributed by atoms with Gasteiger partial charge in [-0.3, -0.25) is 0 Å². The monoisotopic (exact) mass is 274 g/mol. The van der Waals surface area contributed by atoms with Gasteiger partial charge in [0.15, 0.2) is 0 Å². The van der Waals surface area contributed by atoms with Crippen molar-refractivity contribution in [1.29, 1.82) is 0 Å². The number of aliphatic hydroxyl groups excluding tert-OH is 1. The maximum Gasteiger partial charge on any atom is 0.129 e. The Labute approximate surface area is 118 Å². The number of methoxy groups -OCH3 is 1. The summed E-state index contributed by atoms with van der Waals surface area (Å²) in [5.74, 6) is 0.383. The highest BCUT2D eigenvalue weighted by Crippen LogP contribution is 2.26. The van der Waals surface area contributed by atoms with Crippen LogP contribution in [0.3, 0.4) is 0 Å². The second-order valence-electron chi connectivity index (χ2n) is 5.05. The Hall–Kier alpha value is -1.87. The van der Waals surface area contributed by atoms with E-state index in [1.165, 1.54) is 6.07 Å². The van der Waals surface area contributed by atoms with Crippen molar-refractivity contribution >= 4 is 0 Å². The summed E-state index contributed by atoms with van der Waals surface area (Å²) >= 11 is 0.